The average molecular weight is 927 g/mol. The highest BCUT2D eigenvalue weighted by atomic mass is 16.8. The standard InChI is InChI=1S/C42H70O22/c1-16-11-18-7-8-24-41(3,9-6-10-42(24,4)40(56)64-38-33(54)30(51)27(48)22(14-44)60-38)19(18)12-20(16)58-39-35(62-36(55)31(52)25(46)17(2)57-5)34(28(49)23(15-45)61-39)63-37-32(53)29(50)26(47)21(13-43)59-37/h17-39,43-55H,1,6-15H2,2-5H3/t17?,18?,19-,20?,21?,22?,23?,24?,25?,26?,27?,28?,29?,30?,31?,32?,33?,34?,35?,36?,37?,38?,39?,41+,42-/m1/s1. The topological polar surface area (TPSA) is 354 Å². The van der Waals surface area contributed by atoms with E-state index in [1.54, 1.807) is 6.92 Å². The summed E-state index contributed by atoms with van der Waals surface area (Å²) in [7, 11) is 1.27. The lowest BCUT2D eigenvalue weighted by Crippen LogP contribution is -2.66. The molecule has 0 radical (unpaired) electrons. The maximum atomic E-state index is 14.2. The van der Waals surface area contributed by atoms with Gasteiger partial charge in [0.05, 0.1) is 37.4 Å². The fraction of sp³-hybridized carbons (Fsp3) is 0.929. The van der Waals surface area contributed by atoms with Gasteiger partial charge in [0.1, 0.15) is 85.5 Å². The lowest BCUT2D eigenvalue weighted by atomic mass is 9.44. The Morgan fingerprint density at radius 2 is 1.30 bits per heavy atom. The Kier molecular flexibility index (Phi) is 17.0. The van der Waals surface area contributed by atoms with E-state index >= 15 is 0 Å². The van der Waals surface area contributed by atoms with Gasteiger partial charge < -0.3 is 104 Å². The molecule has 22 unspecified atom stereocenters. The second kappa shape index (κ2) is 21.0. The van der Waals surface area contributed by atoms with Crippen LogP contribution >= 0.6 is 0 Å². The maximum absolute atomic E-state index is 14.2. The number of hydrogen-bond acceptors (Lipinski definition) is 22. The number of esters is 1. The molecule has 0 amide bonds. The van der Waals surface area contributed by atoms with Gasteiger partial charge in [-0.25, -0.2) is 0 Å². The lowest BCUT2D eigenvalue weighted by Gasteiger charge is -2.61. The Morgan fingerprint density at radius 3 is 1.89 bits per heavy atom. The van der Waals surface area contributed by atoms with Crippen molar-refractivity contribution in [3.8, 4) is 0 Å². The van der Waals surface area contributed by atoms with Gasteiger partial charge in [0, 0.05) is 7.11 Å². The molecule has 3 saturated heterocycles. The van der Waals surface area contributed by atoms with Crippen LogP contribution in [0, 0.1) is 28.6 Å². The minimum atomic E-state index is -2.23. The van der Waals surface area contributed by atoms with Crippen LogP contribution in [0.25, 0.3) is 0 Å². The van der Waals surface area contributed by atoms with E-state index in [0.29, 0.717) is 50.5 Å². The summed E-state index contributed by atoms with van der Waals surface area (Å²) in [4.78, 5) is 14.2. The third kappa shape index (κ3) is 9.81. The van der Waals surface area contributed by atoms with Gasteiger partial charge in [-0.15, -0.1) is 0 Å². The highest BCUT2D eigenvalue weighted by Crippen LogP contribution is 2.64. The molecule has 64 heavy (non-hydrogen) atoms. The fourth-order valence-electron chi connectivity index (χ4n) is 11.3. The number of fused-ring (bicyclic) bond motifs is 3. The Labute approximate surface area is 370 Å². The van der Waals surface area contributed by atoms with E-state index in [9.17, 15) is 71.2 Å². The minimum absolute atomic E-state index is 0.104. The van der Waals surface area contributed by atoms with E-state index in [1.807, 2.05) is 0 Å². The molecule has 3 saturated carbocycles. The maximum Gasteiger partial charge on any atom is 0.314 e. The minimum Gasteiger partial charge on any atom is -0.432 e. The third-order valence-electron chi connectivity index (χ3n) is 15.2. The summed E-state index contributed by atoms with van der Waals surface area (Å²) in [6.45, 7) is 7.34. The Balaban J connectivity index is 1.26. The highest BCUT2D eigenvalue weighted by molar-refractivity contribution is 5.77. The summed E-state index contributed by atoms with van der Waals surface area (Å²) >= 11 is 0. The van der Waals surface area contributed by atoms with E-state index in [2.05, 4.69) is 13.5 Å². The van der Waals surface area contributed by atoms with Crippen LogP contribution in [0.1, 0.15) is 65.7 Å². The molecule has 3 aliphatic heterocycles. The van der Waals surface area contributed by atoms with Crippen molar-refractivity contribution in [2.75, 3.05) is 26.9 Å². The van der Waals surface area contributed by atoms with Gasteiger partial charge in [0.15, 0.2) is 18.9 Å². The summed E-state index contributed by atoms with van der Waals surface area (Å²) in [5.74, 6) is -0.932. The number of methoxy groups -OCH3 is 1. The Morgan fingerprint density at radius 1 is 0.734 bits per heavy atom. The quantitative estimate of drug-likeness (QED) is 0.0319. The molecule has 0 spiro atoms. The van der Waals surface area contributed by atoms with E-state index < -0.39 is 159 Å². The van der Waals surface area contributed by atoms with E-state index in [1.165, 1.54) is 14.0 Å². The summed E-state index contributed by atoms with van der Waals surface area (Å²) in [5.41, 5.74) is -0.952. The van der Waals surface area contributed by atoms with E-state index in [0.717, 1.165) is 0 Å². The van der Waals surface area contributed by atoms with Gasteiger partial charge in [0.2, 0.25) is 6.29 Å². The predicted molar refractivity (Wildman–Crippen MR) is 213 cm³/mol. The molecule has 3 heterocycles. The van der Waals surface area contributed by atoms with Crippen LogP contribution in [0.2, 0.25) is 0 Å². The van der Waals surface area contributed by atoms with Crippen LogP contribution in [-0.4, -0.2) is 222 Å². The molecule has 0 aromatic carbocycles. The van der Waals surface area contributed by atoms with Crippen molar-refractivity contribution in [2.24, 2.45) is 28.6 Å². The zero-order valence-corrected chi connectivity index (χ0v) is 36.5. The Hall–Kier alpha value is -1.59. The second-order valence-electron chi connectivity index (χ2n) is 19.0. The molecule has 370 valence electrons. The largest absolute Gasteiger partial charge is 0.432 e. The van der Waals surface area contributed by atoms with Gasteiger partial charge in [0.25, 0.3) is 0 Å². The van der Waals surface area contributed by atoms with Gasteiger partial charge in [-0.2, -0.15) is 0 Å². The SMILES string of the molecule is C=C1CC2CCC3[C@](C)(C(=O)OC4OC(CO)C(O)C(O)C4O)CCC[C@@]3(C)[C@@H]2CC1OC1OC(CO)C(O)C(OC2OC(CO)C(O)C(O)C2O)C1OC(O)C(O)C(O)C(C)OC. The molecule has 13 N–H and O–H groups in total. The molecule has 0 aromatic rings. The first-order chi connectivity index (χ1) is 30.2. The molecular weight excluding hydrogens is 856 g/mol. The monoisotopic (exact) mass is 926 g/mol. The fourth-order valence-corrected chi connectivity index (χ4v) is 11.3. The lowest BCUT2D eigenvalue weighted by molar-refractivity contribution is -0.382. The number of hydrogen-bond donors (Lipinski definition) is 13. The summed E-state index contributed by atoms with van der Waals surface area (Å²) in [5, 5.41) is 137. The first-order valence-electron chi connectivity index (χ1n) is 22.1. The first kappa shape index (κ1) is 51.8. The summed E-state index contributed by atoms with van der Waals surface area (Å²) in [6.07, 6.45) is -29.2. The normalized spacial score (nSPS) is 48.3. The molecule has 0 aromatic heterocycles. The van der Waals surface area contributed by atoms with Crippen LogP contribution in [0.15, 0.2) is 12.2 Å². The molecule has 22 nitrogen and oxygen atoms in total. The van der Waals surface area contributed by atoms with Gasteiger partial charge in [-0.1, -0.05) is 19.9 Å². The summed E-state index contributed by atoms with van der Waals surface area (Å²) < 4.78 is 46.5. The van der Waals surface area contributed by atoms with Gasteiger partial charge in [-0.05, 0) is 81.1 Å². The van der Waals surface area contributed by atoms with Crippen molar-refractivity contribution >= 4 is 5.97 Å². The Bertz CT molecular complexity index is 1560. The molecule has 22 heteroatoms. The molecule has 25 atom stereocenters. The smallest absolute Gasteiger partial charge is 0.314 e. The molecule has 3 aliphatic carbocycles. The van der Waals surface area contributed by atoms with Crippen LogP contribution < -0.4 is 0 Å². The van der Waals surface area contributed by atoms with Crippen molar-refractivity contribution in [3.05, 3.63) is 12.2 Å². The number of carbonyl (C=O) groups excluding carboxylic acids is 1. The van der Waals surface area contributed by atoms with Crippen molar-refractivity contribution in [3.63, 3.8) is 0 Å². The second-order valence-corrected chi connectivity index (χ2v) is 19.0. The van der Waals surface area contributed by atoms with Crippen LogP contribution in [0.5, 0.6) is 0 Å². The first-order valence-corrected chi connectivity index (χ1v) is 22.1. The zero-order valence-electron chi connectivity index (χ0n) is 36.5. The average Bonchev–Trinajstić information content (AvgIpc) is 3.27. The molecular formula is C42H70O22. The van der Waals surface area contributed by atoms with Crippen molar-refractivity contribution in [1.82, 2.24) is 0 Å². The third-order valence-corrected chi connectivity index (χ3v) is 15.2. The summed E-state index contributed by atoms with van der Waals surface area (Å²) in [6, 6.07) is 0. The number of carbonyl (C=O) groups is 1. The van der Waals surface area contributed by atoms with Gasteiger partial charge >= 0.3 is 5.97 Å². The molecule has 0 bridgehead atoms. The number of rotatable bonds is 15. The number of aliphatic hydroxyl groups is 13. The van der Waals surface area contributed by atoms with Crippen LogP contribution in [0.4, 0.5) is 0 Å². The number of ether oxygens (including phenoxy) is 8. The van der Waals surface area contributed by atoms with E-state index in [-0.39, 0.29) is 17.8 Å². The van der Waals surface area contributed by atoms with Crippen molar-refractivity contribution in [2.45, 2.75) is 189 Å². The van der Waals surface area contributed by atoms with E-state index in [4.69, 9.17) is 37.9 Å². The molecule has 6 fully saturated rings. The van der Waals surface area contributed by atoms with Crippen molar-refractivity contribution in [1.29, 1.82) is 0 Å². The highest BCUT2D eigenvalue weighted by Gasteiger charge is 2.62. The molecule has 6 aliphatic rings. The van der Waals surface area contributed by atoms with Gasteiger partial charge in [-0.3, -0.25) is 4.79 Å². The van der Waals surface area contributed by atoms with Crippen molar-refractivity contribution < 1.29 is 109 Å². The zero-order chi connectivity index (χ0) is 47.2. The van der Waals surface area contributed by atoms with Crippen LogP contribution in [-0.2, 0) is 42.7 Å². The molecule has 6 rings (SSSR count). The predicted octanol–water partition coefficient (Wildman–Crippen LogP) is -4.37. The van der Waals surface area contributed by atoms with Crippen LogP contribution in [0.3, 0.4) is 0 Å². The number of aliphatic hydroxyl groups excluding tert-OH is 13.